The van der Waals surface area contributed by atoms with Crippen LogP contribution in [0.15, 0.2) is 0 Å². The van der Waals surface area contributed by atoms with Gasteiger partial charge in [-0.15, -0.1) is 22.0 Å². The molecule has 0 aromatic carbocycles. The van der Waals surface area contributed by atoms with Gasteiger partial charge in [0.2, 0.25) is 4.93 Å². The first-order valence-corrected chi connectivity index (χ1v) is 4.43. The quantitative estimate of drug-likeness (QED) is 0.354. The molecule has 140 valence electrons. The lowest BCUT2D eigenvalue weighted by molar-refractivity contribution is -1.29. The van der Waals surface area contributed by atoms with Gasteiger partial charge >= 0.3 is 36.3 Å². The molecule has 0 unspecified atom stereocenters. The summed E-state index contributed by atoms with van der Waals surface area (Å²) in [6, 6.07) is -8.40. The average molecular weight is 390 g/mol. The summed E-state index contributed by atoms with van der Waals surface area (Å²) in [5.74, 6) is -24.9. The van der Waals surface area contributed by atoms with Crippen molar-refractivity contribution < 1.29 is 75.4 Å². The van der Waals surface area contributed by atoms with Crippen molar-refractivity contribution in [2.45, 2.75) is 36.3 Å². The van der Waals surface area contributed by atoms with Gasteiger partial charge in [-0.05, 0) is 0 Å². The van der Waals surface area contributed by atoms with Crippen molar-refractivity contribution in [3.8, 4) is 0 Å². The van der Waals surface area contributed by atoms with Crippen LogP contribution in [0.25, 0.3) is 0 Å². The molecule has 0 aliphatic carbocycles. The van der Waals surface area contributed by atoms with Crippen molar-refractivity contribution in [2.24, 2.45) is 0 Å². The molecule has 0 N–H and O–H groups in total. The standard InChI is InChI=1S/C6F16N/c7-1(8,2(9,10)4(13,14)15)3(11,12)5(16,17)23(21,22)6(18,19)20/q+1. The largest absolute Gasteiger partial charge is 0.642 e. The van der Waals surface area contributed by atoms with Crippen LogP contribution in [0, 0.1) is 0 Å². The molecular formula is C6F16N+. The molecule has 23 heavy (non-hydrogen) atoms. The van der Waals surface area contributed by atoms with E-state index in [9.17, 15) is 70.4 Å². The van der Waals surface area contributed by atoms with Crippen molar-refractivity contribution in [3.63, 3.8) is 0 Å². The van der Waals surface area contributed by atoms with E-state index < -0.39 is 41.2 Å². The van der Waals surface area contributed by atoms with Gasteiger partial charge in [0.1, 0.15) is 0 Å². The summed E-state index contributed by atoms with van der Waals surface area (Å²) in [4.78, 5) is -7.27. The maximum absolute atomic E-state index is 12.6. The molecule has 0 aromatic heterocycles. The molecule has 0 fully saturated rings. The topological polar surface area (TPSA) is 0 Å². The van der Waals surface area contributed by atoms with Crippen molar-refractivity contribution in [1.29, 1.82) is 0 Å². The van der Waals surface area contributed by atoms with Gasteiger partial charge in [-0.1, -0.05) is 0 Å². The second-order valence-electron chi connectivity index (χ2n) is 3.74. The lowest BCUT2D eigenvalue weighted by atomic mass is 10.0. The van der Waals surface area contributed by atoms with Crippen LogP contribution < -0.4 is 0 Å². The number of alkyl halides is 14. The van der Waals surface area contributed by atoms with Crippen molar-refractivity contribution >= 4 is 0 Å². The predicted octanol–water partition coefficient (Wildman–Crippen LogP) is 5.15. The monoisotopic (exact) mass is 390 g/mol. The molecule has 0 spiro atoms. The van der Waals surface area contributed by atoms with Crippen LogP contribution in [0.4, 0.5) is 70.4 Å². The van der Waals surface area contributed by atoms with E-state index in [-0.39, 0.29) is 0 Å². The molecule has 0 saturated heterocycles. The highest BCUT2D eigenvalue weighted by atomic mass is 19.5. The van der Waals surface area contributed by atoms with Crippen LogP contribution in [0.5, 0.6) is 0 Å². The third-order valence-electron chi connectivity index (χ3n) is 2.19. The van der Waals surface area contributed by atoms with Crippen LogP contribution in [0.2, 0.25) is 0 Å². The zero-order valence-corrected chi connectivity index (χ0v) is 9.49. The maximum Gasteiger partial charge on any atom is 0.642 e. The van der Waals surface area contributed by atoms with Crippen LogP contribution in [-0.4, -0.2) is 41.2 Å². The molecule has 0 atom stereocenters. The zero-order valence-electron chi connectivity index (χ0n) is 9.49. The SMILES string of the molecule is FC(F)(F)C(F)(F)C(F)(F)C(F)(F)C(F)(F)[N+](F)(F)C(F)(F)F. The lowest BCUT2D eigenvalue weighted by Crippen LogP contribution is -2.73. The van der Waals surface area contributed by atoms with Gasteiger partial charge in [-0.2, -0.15) is 39.5 Å². The summed E-state index contributed by atoms with van der Waals surface area (Å²) < 4.78 is 193. The molecule has 0 heterocycles. The van der Waals surface area contributed by atoms with Crippen LogP contribution >= 0.6 is 0 Å². The van der Waals surface area contributed by atoms with Crippen LogP contribution in [-0.2, 0) is 0 Å². The highest BCUT2D eigenvalue weighted by molar-refractivity contribution is 5.03. The Labute approximate surface area is 113 Å². The van der Waals surface area contributed by atoms with Gasteiger partial charge in [0.25, 0.3) is 0 Å². The minimum absolute atomic E-state index is 7.27. The zero-order chi connectivity index (χ0) is 19.5. The second kappa shape index (κ2) is 4.92. The molecule has 0 aliphatic rings. The van der Waals surface area contributed by atoms with Crippen molar-refractivity contribution in [3.05, 3.63) is 0 Å². The maximum atomic E-state index is 12.6. The molecule has 0 rings (SSSR count). The van der Waals surface area contributed by atoms with Gasteiger partial charge in [-0.3, -0.25) is 0 Å². The first-order chi connectivity index (χ1) is 9.50. The Bertz CT molecular complexity index is 398. The molecule has 0 aliphatic heterocycles. The minimum Gasteiger partial charge on any atom is -0.192 e. The molecule has 0 aromatic rings. The van der Waals surface area contributed by atoms with Gasteiger partial charge in [0, 0.05) is 0 Å². The Morgan fingerprint density at radius 1 is 0.435 bits per heavy atom. The lowest BCUT2D eigenvalue weighted by Gasteiger charge is -2.36. The van der Waals surface area contributed by atoms with Crippen molar-refractivity contribution in [1.82, 2.24) is 0 Å². The summed E-state index contributed by atoms with van der Waals surface area (Å²) in [5, 5.41) is 0. The number of nitrogens with zero attached hydrogens (tertiary/aromatic N) is 1. The third kappa shape index (κ3) is 2.65. The summed E-state index contributed by atoms with van der Waals surface area (Å²) in [5.41, 5.74) is 0. The van der Waals surface area contributed by atoms with E-state index in [1.165, 1.54) is 0 Å². The molecular weight excluding hydrogens is 390 g/mol. The van der Waals surface area contributed by atoms with E-state index in [1.807, 2.05) is 0 Å². The fourth-order valence-corrected chi connectivity index (χ4v) is 0.900. The van der Waals surface area contributed by atoms with E-state index in [0.717, 1.165) is 0 Å². The summed E-state index contributed by atoms with van der Waals surface area (Å²) in [6.07, 6.45) is -15.4. The average Bonchev–Trinajstić information content (AvgIpc) is 2.24. The highest BCUT2D eigenvalue weighted by Gasteiger charge is 2.97. The summed E-state index contributed by atoms with van der Waals surface area (Å²) in [6.45, 7) is 0. The Morgan fingerprint density at radius 3 is 0.957 bits per heavy atom. The summed E-state index contributed by atoms with van der Waals surface area (Å²) in [7, 11) is 0. The molecule has 1 nitrogen and oxygen atoms in total. The van der Waals surface area contributed by atoms with Gasteiger partial charge < -0.3 is 0 Å². The normalized spacial score (nSPS) is 16.7. The van der Waals surface area contributed by atoms with E-state index in [1.54, 1.807) is 0 Å². The Balaban J connectivity index is 6.37. The van der Waals surface area contributed by atoms with Crippen LogP contribution in [0.3, 0.4) is 0 Å². The third-order valence-corrected chi connectivity index (χ3v) is 2.19. The predicted molar refractivity (Wildman–Crippen MR) is 34.4 cm³/mol. The molecule has 0 radical (unpaired) electrons. The van der Waals surface area contributed by atoms with E-state index in [0.29, 0.717) is 0 Å². The van der Waals surface area contributed by atoms with Gasteiger partial charge in [0.05, 0.1) is 8.96 Å². The van der Waals surface area contributed by atoms with Gasteiger partial charge in [-0.25, -0.2) is 0 Å². The molecule has 0 amide bonds. The molecule has 17 heteroatoms. The Kier molecular flexibility index (Phi) is 4.67. The van der Waals surface area contributed by atoms with E-state index >= 15 is 0 Å². The van der Waals surface area contributed by atoms with Crippen LogP contribution in [0.1, 0.15) is 0 Å². The number of quaternary nitrogens is 1. The first kappa shape index (κ1) is 21.8. The summed E-state index contributed by atoms with van der Waals surface area (Å²) >= 11 is 0. The number of hydrogen-bond acceptors (Lipinski definition) is 0. The number of hydrogen-bond donors (Lipinski definition) is 0. The minimum atomic E-state index is -8.46. The van der Waals surface area contributed by atoms with Gasteiger partial charge in [0.15, 0.2) is 0 Å². The van der Waals surface area contributed by atoms with Crippen molar-refractivity contribution in [2.75, 3.05) is 0 Å². The Morgan fingerprint density at radius 2 is 0.739 bits per heavy atom. The molecule has 0 bridgehead atoms. The number of rotatable bonds is 4. The smallest absolute Gasteiger partial charge is 0.192 e. The van der Waals surface area contributed by atoms with E-state index in [2.05, 4.69) is 0 Å². The highest BCUT2D eigenvalue weighted by Crippen LogP contribution is 2.61. The fraction of sp³-hybridized carbons (Fsp3) is 1.00. The Hall–Kier alpha value is -1.16. The second-order valence-corrected chi connectivity index (χ2v) is 3.74. The molecule has 0 saturated carbocycles. The first-order valence-electron chi connectivity index (χ1n) is 4.43. The fourth-order valence-electron chi connectivity index (χ4n) is 0.900. The number of halogens is 16. The van der Waals surface area contributed by atoms with E-state index in [4.69, 9.17) is 0 Å².